The van der Waals surface area contributed by atoms with Crippen molar-refractivity contribution in [3.8, 4) is 11.3 Å². The van der Waals surface area contributed by atoms with Gasteiger partial charge < -0.3 is 5.32 Å². The molecule has 1 amide bonds. The van der Waals surface area contributed by atoms with E-state index in [0.717, 1.165) is 27.1 Å². The number of nitrogens with zero attached hydrogens (tertiary/aromatic N) is 2. The van der Waals surface area contributed by atoms with Crippen LogP contribution in [0.3, 0.4) is 0 Å². The Kier molecular flexibility index (Phi) is 3.23. The van der Waals surface area contributed by atoms with Crippen molar-refractivity contribution in [1.82, 2.24) is 15.5 Å². The molecular weight excluding hydrogens is 304 g/mol. The van der Waals surface area contributed by atoms with Crippen molar-refractivity contribution in [2.24, 2.45) is 0 Å². The van der Waals surface area contributed by atoms with Crippen LogP contribution in [0.25, 0.3) is 11.3 Å². The van der Waals surface area contributed by atoms with Crippen molar-refractivity contribution in [3.63, 3.8) is 0 Å². The minimum absolute atomic E-state index is 0.189. The number of fused-ring (bicyclic) bond motifs is 1. The van der Waals surface area contributed by atoms with Crippen molar-refractivity contribution in [1.29, 1.82) is 0 Å². The Morgan fingerprint density at radius 2 is 1.88 bits per heavy atom. The van der Waals surface area contributed by atoms with Gasteiger partial charge in [-0.05, 0) is 5.56 Å². The number of aromatic nitrogens is 2. The molecule has 0 spiro atoms. The van der Waals surface area contributed by atoms with Crippen LogP contribution in [0.15, 0.2) is 54.6 Å². The molecule has 2 N–H and O–H groups in total. The topological polar surface area (TPSA) is 77.9 Å². The molecule has 6 nitrogen and oxygen atoms in total. The van der Waals surface area contributed by atoms with Crippen LogP contribution >= 0.6 is 0 Å². The molecule has 6 heteroatoms. The van der Waals surface area contributed by atoms with Crippen LogP contribution in [0, 0.1) is 4.91 Å². The van der Waals surface area contributed by atoms with Crippen molar-refractivity contribution in [2.75, 3.05) is 7.05 Å². The monoisotopic (exact) mass is 319 g/mol. The molecule has 24 heavy (non-hydrogen) atoms. The summed E-state index contributed by atoms with van der Waals surface area (Å²) < 4.78 is 0.800. The molecule has 4 rings (SSSR count). The zero-order valence-electron chi connectivity index (χ0n) is 13.0. The number of H-pyrrole nitrogens is 1. The van der Waals surface area contributed by atoms with Gasteiger partial charge >= 0.3 is 0 Å². The van der Waals surface area contributed by atoms with Gasteiger partial charge in [0.25, 0.3) is 11.6 Å². The first-order chi connectivity index (χ1) is 11.6. The maximum Gasteiger partial charge on any atom is 0.270 e. The smallest absolute Gasteiger partial charge is 0.270 e. The van der Waals surface area contributed by atoms with E-state index < -0.39 is 0 Å². The maximum absolute atomic E-state index is 12.3. The minimum atomic E-state index is -0.332. The summed E-state index contributed by atoms with van der Waals surface area (Å²) in [6, 6.07) is 16.6. The summed E-state index contributed by atoms with van der Waals surface area (Å²) in [5.41, 5.74) is 4.36. The fourth-order valence-electron chi connectivity index (χ4n) is 3.05. The molecule has 0 fully saturated rings. The number of hydrogen-bond acceptors (Lipinski definition) is 3. The molecule has 118 valence electrons. The highest BCUT2D eigenvalue weighted by atomic mass is 16.3. The predicted octanol–water partition coefficient (Wildman–Crippen LogP) is 2.95. The fraction of sp³-hybridized carbons (Fsp3) is 0.111. The van der Waals surface area contributed by atoms with Gasteiger partial charge in [0, 0.05) is 32.9 Å². The quantitative estimate of drug-likeness (QED) is 0.729. The molecule has 2 aromatic carbocycles. The fourth-order valence-corrected chi connectivity index (χ4v) is 3.05. The molecule has 0 radical (unpaired) electrons. The zero-order chi connectivity index (χ0) is 16.7. The standard InChI is InChI=1S/C18H14N4O2/c1-22(24)13-9-5-8-12(10-13)15-14-16(11-6-3-2-4-7-11)20-21-17(14)18(23)19-15/h2-10,15H,1H3,(H-,19,20,21,23)/p+1. The largest absolute Gasteiger partial charge is 0.340 e. The van der Waals surface area contributed by atoms with Crippen LogP contribution in [0.5, 0.6) is 0 Å². The van der Waals surface area contributed by atoms with Crippen molar-refractivity contribution >= 4 is 11.6 Å². The summed E-state index contributed by atoms with van der Waals surface area (Å²) >= 11 is 0. The van der Waals surface area contributed by atoms with Gasteiger partial charge in [0.15, 0.2) is 7.05 Å². The predicted molar refractivity (Wildman–Crippen MR) is 89.0 cm³/mol. The maximum atomic E-state index is 12.3. The molecular formula is C18H15N4O2+. The summed E-state index contributed by atoms with van der Waals surface area (Å²) in [6.45, 7) is 0. The number of aromatic amines is 1. The van der Waals surface area contributed by atoms with Crippen LogP contribution in [-0.2, 0) is 0 Å². The second-order valence-corrected chi connectivity index (χ2v) is 5.73. The third kappa shape index (κ3) is 2.20. The highest BCUT2D eigenvalue weighted by molar-refractivity contribution is 6.00. The number of benzene rings is 2. The van der Waals surface area contributed by atoms with Crippen LogP contribution in [-0.4, -0.2) is 27.9 Å². The van der Waals surface area contributed by atoms with Crippen molar-refractivity contribution in [2.45, 2.75) is 6.04 Å². The molecule has 0 saturated heterocycles. The molecule has 3 aromatic rings. The highest BCUT2D eigenvalue weighted by Crippen LogP contribution is 2.37. The molecule has 2 heterocycles. The SMILES string of the molecule is C[N+](=O)c1cccc(C2NC(=O)c3[nH]nc(-c4ccccc4)c32)c1. The van der Waals surface area contributed by atoms with Crippen molar-refractivity contribution < 1.29 is 9.55 Å². The first-order valence-corrected chi connectivity index (χ1v) is 7.60. The summed E-state index contributed by atoms with van der Waals surface area (Å²) in [4.78, 5) is 23.8. The number of hydrogen-bond donors (Lipinski definition) is 2. The highest BCUT2D eigenvalue weighted by Gasteiger charge is 2.35. The van der Waals surface area contributed by atoms with Gasteiger partial charge in [0.05, 0.1) is 11.7 Å². The first kappa shape index (κ1) is 14.3. The lowest BCUT2D eigenvalue weighted by atomic mass is 9.96. The summed E-state index contributed by atoms with van der Waals surface area (Å²) in [5, 5.41) is 10.1. The number of nitroso groups, excluding NO2 is 1. The Bertz CT molecular complexity index is 947. The summed E-state index contributed by atoms with van der Waals surface area (Å²) in [5.74, 6) is -0.189. The molecule has 0 aliphatic carbocycles. The van der Waals surface area contributed by atoms with Crippen LogP contribution in [0.2, 0.25) is 0 Å². The van der Waals surface area contributed by atoms with Gasteiger partial charge in [-0.15, -0.1) is 0 Å². The average molecular weight is 319 g/mol. The summed E-state index contributed by atoms with van der Waals surface area (Å²) in [7, 11) is 1.45. The van der Waals surface area contributed by atoms with E-state index >= 15 is 0 Å². The zero-order valence-corrected chi connectivity index (χ0v) is 13.0. The second-order valence-electron chi connectivity index (χ2n) is 5.73. The van der Waals surface area contributed by atoms with E-state index in [9.17, 15) is 9.70 Å². The normalized spacial score (nSPS) is 15.9. The minimum Gasteiger partial charge on any atom is -0.340 e. The van der Waals surface area contributed by atoms with Crippen molar-refractivity contribution in [3.05, 3.63) is 76.3 Å². The second kappa shape index (κ2) is 5.42. The van der Waals surface area contributed by atoms with Gasteiger partial charge in [0.1, 0.15) is 5.69 Å². The van der Waals surface area contributed by atoms with Gasteiger partial charge in [0.2, 0.25) is 0 Å². The van der Waals surface area contributed by atoms with Gasteiger partial charge in [-0.25, -0.2) is 0 Å². The number of carbonyl (C=O) groups excluding carboxylic acids is 1. The Balaban J connectivity index is 1.85. The first-order valence-electron chi connectivity index (χ1n) is 7.60. The van der Waals surface area contributed by atoms with Crippen LogP contribution < -0.4 is 5.32 Å². The van der Waals surface area contributed by atoms with E-state index in [2.05, 4.69) is 15.5 Å². The van der Waals surface area contributed by atoms with Gasteiger partial charge in [-0.1, -0.05) is 42.5 Å². The average Bonchev–Trinajstić information content (AvgIpc) is 3.17. The molecule has 1 unspecified atom stereocenters. The Hall–Kier alpha value is -3.28. The van der Waals surface area contributed by atoms with Gasteiger partial charge in [-0.3, -0.25) is 9.89 Å². The van der Waals surface area contributed by atoms with E-state index in [-0.39, 0.29) is 11.9 Å². The molecule has 1 aliphatic rings. The number of rotatable bonds is 3. The van der Waals surface area contributed by atoms with E-state index in [1.807, 2.05) is 42.5 Å². The summed E-state index contributed by atoms with van der Waals surface area (Å²) in [6.07, 6.45) is 0. The third-order valence-corrected chi connectivity index (χ3v) is 4.21. The van der Waals surface area contributed by atoms with E-state index in [1.54, 1.807) is 12.1 Å². The molecule has 1 atom stereocenters. The molecule has 0 saturated carbocycles. The molecule has 1 aromatic heterocycles. The van der Waals surface area contributed by atoms with Gasteiger partial charge in [-0.2, -0.15) is 5.10 Å². The van der Waals surface area contributed by atoms with E-state index in [4.69, 9.17) is 0 Å². The Morgan fingerprint density at radius 1 is 1.08 bits per heavy atom. The number of carbonyl (C=O) groups is 1. The Morgan fingerprint density at radius 3 is 2.62 bits per heavy atom. The van der Waals surface area contributed by atoms with Crippen LogP contribution in [0.1, 0.15) is 27.7 Å². The van der Waals surface area contributed by atoms with E-state index in [0.29, 0.717) is 11.4 Å². The van der Waals surface area contributed by atoms with E-state index in [1.165, 1.54) is 7.05 Å². The van der Waals surface area contributed by atoms with Crippen LogP contribution in [0.4, 0.5) is 5.69 Å². The lowest BCUT2D eigenvalue weighted by Gasteiger charge is -2.13. The number of amides is 1. The third-order valence-electron chi connectivity index (χ3n) is 4.21. The lowest BCUT2D eigenvalue weighted by Crippen LogP contribution is -2.21. The lowest BCUT2D eigenvalue weighted by molar-refractivity contribution is -0.428. The number of nitrogens with one attached hydrogen (secondary N) is 2. The molecule has 0 bridgehead atoms. The molecule has 1 aliphatic heterocycles. The Labute approximate surface area is 138 Å².